The van der Waals surface area contributed by atoms with Crippen LogP contribution in [0.5, 0.6) is 0 Å². The number of hydrogen-bond acceptors (Lipinski definition) is 5. The summed E-state index contributed by atoms with van der Waals surface area (Å²) in [6.45, 7) is 8.71. The Balaban J connectivity index is 1.53. The maximum Gasteiger partial charge on any atom is 0.337 e. The summed E-state index contributed by atoms with van der Waals surface area (Å²) in [5, 5.41) is 1.03. The van der Waals surface area contributed by atoms with Crippen LogP contribution < -0.4 is 4.90 Å². The number of ether oxygens (including phenoxy) is 1. The lowest BCUT2D eigenvalue weighted by molar-refractivity contribution is 0.0601. The Labute approximate surface area is 200 Å². The maximum absolute atomic E-state index is 12.0. The van der Waals surface area contributed by atoms with Crippen molar-refractivity contribution in [1.82, 2.24) is 14.9 Å². The number of H-pyrrole nitrogens is 1. The van der Waals surface area contributed by atoms with E-state index in [-0.39, 0.29) is 5.97 Å². The lowest BCUT2D eigenvalue weighted by atomic mass is 9.97. The number of aromatic nitrogens is 2. The largest absolute Gasteiger partial charge is 0.465 e. The quantitative estimate of drug-likeness (QED) is 0.437. The summed E-state index contributed by atoms with van der Waals surface area (Å²) in [6, 6.07) is 14.2. The number of esters is 1. The van der Waals surface area contributed by atoms with E-state index < -0.39 is 0 Å². The van der Waals surface area contributed by atoms with Gasteiger partial charge in [0.15, 0.2) is 0 Å². The predicted octanol–water partition coefficient (Wildman–Crippen LogP) is 5.05. The molecule has 2 aromatic carbocycles. The number of benzene rings is 2. The van der Waals surface area contributed by atoms with E-state index in [0.29, 0.717) is 5.56 Å². The fourth-order valence-electron chi connectivity index (χ4n) is 4.98. The van der Waals surface area contributed by atoms with Gasteiger partial charge in [-0.15, -0.1) is 0 Å². The van der Waals surface area contributed by atoms with Crippen molar-refractivity contribution in [3.8, 4) is 22.3 Å². The Kier molecular flexibility index (Phi) is 5.84. The van der Waals surface area contributed by atoms with E-state index in [0.717, 1.165) is 59.5 Å². The molecule has 6 nitrogen and oxygen atoms in total. The van der Waals surface area contributed by atoms with E-state index >= 15 is 0 Å². The number of fused-ring (bicyclic) bond motifs is 1. The molecule has 0 unspecified atom stereocenters. The topological polar surface area (TPSA) is 61.5 Å². The minimum absolute atomic E-state index is 0.341. The number of piperazine rings is 1. The number of aryl methyl sites for hydroxylation is 2. The second-order valence-electron chi connectivity index (χ2n) is 9.14. The van der Waals surface area contributed by atoms with Gasteiger partial charge in [0, 0.05) is 60.8 Å². The first-order valence-electron chi connectivity index (χ1n) is 11.7. The number of likely N-dealkylation sites (N-methyl/N-ethyl adjacent to an activating group) is 1. The number of hydrogen-bond donors (Lipinski definition) is 1. The second kappa shape index (κ2) is 8.95. The van der Waals surface area contributed by atoms with Crippen molar-refractivity contribution in [3.05, 3.63) is 71.5 Å². The van der Waals surface area contributed by atoms with Crippen LogP contribution in [-0.4, -0.2) is 61.2 Å². The highest BCUT2D eigenvalue weighted by Crippen LogP contribution is 2.35. The molecule has 3 heterocycles. The number of nitrogens with one attached hydrogen (secondary N) is 1. The minimum Gasteiger partial charge on any atom is -0.465 e. The zero-order chi connectivity index (χ0) is 23.8. The molecule has 6 heteroatoms. The molecule has 0 aliphatic carbocycles. The molecule has 34 heavy (non-hydrogen) atoms. The molecular formula is C28H30N4O2. The second-order valence-corrected chi connectivity index (χ2v) is 9.14. The lowest BCUT2D eigenvalue weighted by Crippen LogP contribution is -2.45. The summed E-state index contributed by atoms with van der Waals surface area (Å²) < 4.78 is 4.89. The summed E-state index contributed by atoms with van der Waals surface area (Å²) in [6.07, 6.45) is 3.88. The molecule has 5 rings (SSSR count). The summed E-state index contributed by atoms with van der Waals surface area (Å²) in [4.78, 5) is 24.9. The number of aromatic amines is 1. The average Bonchev–Trinajstić information content (AvgIpc) is 3.27. The van der Waals surface area contributed by atoms with Crippen molar-refractivity contribution >= 4 is 22.7 Å². The van der Waals surface area contributed by atoms with Crippen LogP contribution in [0.25, 0.3) is 33.3 Å². The highest BCUT2D eigenvalue weighted by molar-refractivity contribution is 5.98. The van der Waals surface area contributed by atoms with Gasteiger partial charge in [0.25, 0.3) is 0 Å². The molecule has 1 saturated heterocycles. The first kappa shape index (κ1) is 22.2. The fourth-order valence-corrected chi connectivity index (χ4v) is 4.98. The van der Waals surface area contributed by atoms with Crippen molar-refractivity contribution in [1.29, 1.82) is 0 Å². The van der Waals surface area contributed by atoms with E-state index in [4.69, 9.17) is 9.72 Å². The van der Waals surface area contributed by atoms with E-state index in [1.165, 1.54) is 23.9 Å². The molecule has 174 valence electrons. The van der Waals surface area contributed by atoms with Crippen LogP contribution in [0.4, 0.5) is 5.69 Å². The van der Waals surface area contributed by atoms with Gasteiger partial charge in [0.2, 0.25) is 0 Å². The summed E-state index contributed by atoms with van der Waals surface area (Å²) in [5.41, 5.74) is 9.50. The molecule has 0 radical (unpaired) electrons. The summed E-state index contributed by atoms with van der Waals surface area (Å²) in [5.74, 6) is -0.341. The third-order valence-corrected chi connectivity index (χ3v) is 6.77. The molecule has 1 aliphatic rings. The van der Waals surface area contributed by atoms with Crippen LogP contribution in [0, 0.1) is 13.8 Å². The number of rotatable bonds is 4. The van der Waals surface area contributed by atoms with Gasteiger partial charge in [-0.05, 0) is 73.5 Å². The molecule has 0 bridgehead atoms. The molecule has 0 atom stereocenters. The predicted molar refractivity (Wildman–Crippen MR) is 137 cm³/mol. The fraction of sp³-hybridized carbons (Fsp3) is 0.286. The van der Waals surface area contributed by atoms with E-state index in [1.807, 2.05) is 30.6 Å². The van der Waals surface area contributed by atoms with Gasteiger partial charge in [-0.25, -0.2) is 9.78 Å². The highest BCUT2D eigenvalue weighted by atomic mass is 16.5. The smallest absolute Gasteiger partial charge is 0.337 e. The van der Waals surface area contributed by atoms with Gasteiger partial charge in [-0.1, -0.05) is 12.1 Å². The number of methoxy groups -OCH3 is 1. The molecule has 0 spiro atoms. The molecule has 0 amide bonds. The number of anilines is 1. The standard InChI is InChI=1S/C28H30N4O2/c1-18-12-22(13-19(2)26(18)32-10-8-31(3)9-11-32)23-15-24-25(17-30-27(24)29-16-23)20-6-5-7-21(14-20)28(33)34-4/h5-7,12-17H,8-11H2,1-4H3,(H,29,30). The summed E-state index contributed by atoms with van der Waals surface area (Å²) in [7, 11) is 3.58. The lowest BCUT2D eigenvalue weighted by Gasteiger charge is -2.36. The van der Waals surface area contributed by atoms with Gasteiger partial charge < -0.3 is 19.5 Å². The Bertz CT molecular complexity index is 1340. The molecular weight excluding hydrogens is 424 g/mol. The Morgan fingerprint density at radius 3 is 2.41 bits per heavy atom. The number of nitrogens with zero attached hydrogens (tertiary/aromatic N) is 3. The first-order chi connectivity index (χ1) is 16.4. The Morgan fingerprint density at radius 1 is 0.971 bits per heavy atom. The minimum atomic E-state index is -0.341. The van der Waals surface area contributed by atoms with Crippen LogP contribution in [0.1, 0.15) is 21.5 Å². The van der Waals surface area contributed by atoms with Crippen molar-refractivity contribution in [2.45, 2.75) is 13.8 Å². The monoisotopic (exact) mass is 454 g/mol. The van der Waals surface area contributed by atoms with Gasteiger partial charge in [-0.2, -0.15) is 0 Å². The number of carbonyl (C=O) groups is 1. The zero-order valence-corrected chi connectivity index (χ0v) is 20.2. The van der Waals surface area contributed by atoms with Gasteiger partial charge in [-0.3, -0.25) is 0 Å². The van der Waals surface area contributed by atoms with E-state index in [9.17, 15) is 4.79 Å². The van der Waals surface area contributed by atoms with Crippen LogP contribution in [0.2, 0.25) is 0 Å². The van der Waals surface area contributed by atoms with Gasteiger partial charge in [0.05, 0.1) is 12.7 Å². The Morgan fingerprint density at radius 2 is 1.71 bits per heavy atom. The third kappa shape index (κ3) is 4.05. The Hall–Kier alpha value is -3.64. The van der Waals surface area contributed by atoms with Crippen LogP contribution >= 0.6 is 0 Å². The van der Waals surface area contributed by atoms with E-state index in [1.54, 1.807) is 6.07 Å². The zero-order valence-electron chi connectivity index (χ0n) is 20.2. The number of pyridine rings is 1. The first-order valence-corrected chi connectivity index (χ1v) is 11.7. The van der Waals surface area contributed by atoms with Gasteiger partial charge in [0.1, 0.15) is 5.65 Å². The van der Waals surface area contributed by atoms with E-state index in [2.05, 4.69) is 53.9 Å². The molecule has 1 fully saturated rings. The van der Waals surface area contributed by atoms with Crippen molar-refractivity contribution < 1.29 is 9.53 Å². The SMILES string of the molecule is COC(=O)c1cccc(-c2c[nH]c3ncc(-c4cc(C)c(N5CCN(C)CC5)c(C)c4)cc23)c1. The van der Waals surface area contributed by atoms with Crippen LogP contribution in [-0.2, 0) is 4.74 Å². The highest BCUT2D eigenvalue weighted by Gasteiger charge is 2.19. The summed E-state index contributed by atoms with van der Waals surface area (Å²) >= 11 is 0. The molecule has 0 saturated carbocycles. The van der Waals surface area contributed by atoms with Gasteiger partial charge >= 0.3 is 5.97 Å². The van der Waals surface area contributed by atoms with Crippen molar-refractivity contribution in [2.24, 2.45) is 0 Å². The van der Waals surface area contributed by atoms with Crippen molar-refractivity contribution in [3.63, 3.8) is 0 Å². The molecule has 1 N–H and O–H groups in total. The average molecular weight is 455 g/mol. The maximum atomic E-state index is 12.0. The normalized spacial score (nSPS) is 14.5. The van der Waals surface area contributed by atoms with Crippen LogP contribution in [0.3, 0.4) is 0 Å². The van der Waals surface area contributed by atoms with Crippen LogP contribution in [0.15, 0.2) is 54.9 Å². The molecule has 2 aromatic heterocycles. The number of carbonyl (C=O) groups excluding carboxylic acids is 1. The molecule has 4 aromatic rings. The third-order valence-electron chi connectivity index (χ3n) is 6.77. The van der Waals surface area contributed by atoms with Crippen molar-refractivity contribution in [2.75, 3.05) is 45.2 Å². The molecule has 1 aliphatic heterocycles.